The van der Waals surface area contributed by atoms with E-state index in [4.69, 9.17) is 4.74 Å². The predicted molar refractivity (Wildman–Crippen MR) is 98.8 cm³/mol. The van der Waals surface area contributed by atoms with E-state index in [-0.39, 0.29) is 11.7 Å². The molecular weight excluding hydrogens is 339 g/mol. The van der Waals surface area contributed by atoms with Crippen molar-refractivity contribution in [2.75, 3.05) is 5.32 Å². The Balaban J connectivity index is 1.65. The van der Waals surface area contributed by atoms with Gasteiger partial charge in [0.2, 0.25) is 0 Å². The van der Waals surface area contributed by atoms with E-state index in [1.54, 1.807) is 13.0 Å². The quantitative estimate of drug-likeness (QED) is 0.701. The minimum Gasteiger partial charge on any atom is -0.481 e. The van der Waals surface area contributed by atoms with Crippen molar-refractivity contribution in [2.45, 2.75) is 32.8 Å². The number of halogens is 1. The number of hydrogen-bond donors (Lipinski definition) is 1. The van der Waals surface area contributed by atoms with Crippen LogP contribution < -0.4 is 10.1 Å². The van der Waals surface area contributed by atoms with E-state index in [9.17, 15) is 9.18 Å². The maximum atomic E-state index is 13.2. The lowest BCUT2D eigenvalue weighted by Crippen LogP contribution is -2.30. The van der Waals surface area contributed by atoms with Crippen molar-refractivity contribution in [2.24, 2.45) is 0 Å². The van der Waals surface area contributed by atoms with Crippen LogP contribution in [0.4, 0.5) is 9.52 Å². The number of nitrogens with zero attached hydrogens (tertiary/aromatic N) is 1. The summed E-state index contributed by atoms with van der Waals surface area (Å²) in [5, 5.41) is 3.15. The number of rotatable bonds is 5. The van der Waals surface area contributed by atoms with Crippen LogP contribution in [-0.4, -0.2) is 17.0 Å². The minimum atomic E-state index is -0.673. The summed E-state index contributed by atoms with van der Waals surface area (Å²) < 4.78 is 19.6. The molecule has 0 saturated carbocycles. The number of anilines is 1. The molecule has 3 aromatic rings. The molecule has 1 unspecified atom stereocenters. The molecule has 0 radical (unpaired) electrons. The molecule has 0 saturated heterocycles. The Labute approximate surface area is 149 Å². The van der Waals surface area contributed by atoms with E-state index in [2.05, 4.69) is 24.1 Å². The highest BCUT2D eigenvalue weighted by molar-refractivity contribution is 7.22. The summed E-state index contributed by atoms with van der Waals surface area (Å²) in [5.74, 6) is 0.458. The average molecular weight is 358 g/mol. The van der Waals surface area contributed by atoms with E-state index in [1.807, 2.05) is 24.3 Å². The maximum Gasteiger partial charge on any atom is 0.266 e. The summed E-state index contributed by atoms with van der Waals surface area (Å²) in [6, 6.07) is 12.0. The highest BCUT2D eigenvalue weighted by Crippen LogP contribution is 2.27. The second kappa shape index (κ2) is 7.19. The normalized spacial score (nSPS) is 12.4. The summed E-state index contributed by atoms with van der Waals surface area (Å²) in [5.41, 5.74) is 1.87. The van der Waals surface area contributed by atoms with Gasteiger partial charge in [-0.25, -0.2) is 9.37 Å². The first-order valence-electron chi connectivity index (χ1n) is 8.06. The van der Waals surface area contributed by atoms with Crippen LogP contribution in [-0.2, 0) is 4.79 Å². The highest BCUT2D eigenvalue weighted by Gasteiger charge is 2.17. The molecular formula is C19H19FN2O2S. The molecule has 0 bridgehead atoms. The first-order valence-corrected chi connectivity index (χ1v) is 8.87. The smallest absolute Gasteiger partial charge is 0.266 e. The standard InChI is InChI=1S/C19H19FN2O2S/c1-11(2)13-4-7-15(8-5-13)24-12(3)18(23)22-19-21-16-9-6-14(20)10-17(16)25-19/h4-12H,1-3H3,(H,21,22,23). The number of carbonyl (C=O) groups excluding carboxylic acids is 1. The first-order chi connectivity index (χ1) is 11.9. The Hall–Kier alpha value is -2.47. The molecule has 2 aromatic carbocycles. The van der Waals surface area contributed by atoms with Gasteiger partial charge in [-0.1, -0.05) is 37.3 Å². The van der Waals surface area contributed by atoms with Gasteiger partial charge in [-0.15, -0.1) is 0 Å². The van der Waals surface area contributed by atoms with Crippen LogP contribution in [0.3, 0.4) is 0 Å². The van der Waals surface area contributed by atoms with Crippen LogP contribution in [0, 0.1) is 5.82 Å². The predicted octanol–water partition coefficient (Wildman–Crippen LogP) is 4.96. The van der Waals surface area contributed by atoms with Crippen molar-refractivity contribution in [1.29, 1.82) is 0 Å². The van der Waals surface area contributed by atoms with Crippen molar-refractivity contribution in [1.82, 2.24) is 4.98 Å². The molecule has 1 atom stereocenters. The maximum absolute atomic E-state index is 13.2. The van der Waals surface area contributed by atoms with Crippen LogP contribution >= 0.6 is 11.3 Å². The Kier molecular flexibility index (Phi) is 4.99. The molecule has 0 fully saturated rings. The van der Waals surface area contributed by atoms with Gasteiger partial charge < -0.3 is 4.74 Å². The van der Waals surface area contributed by atoms with Gasteiger partial charge in [0.25, 0.3) is 5.91 Å². The third kappa shape index (κ3) is 4.14. The molecule has 0 aliphatic heterocycles. The molecule has 1 amide bonds. The van der Waals surface area contributed by atoms with Gasteiger partial charge in [0.1, 0.15) is 11.6 Å². The SMILES string of the molecule is CC(Oc1ccc(C(C)C)cc1)C(=O)Nc1nc2ccc(F)cc2s1. The van der Waals surface area contributed by atoms with Crippen LogP contribution in [0.2, 0.25) is 0 Å². The summed E-state index contributed by atoms with van der Waals surface area (Å²) >= 11 is 1.23. The lowest BCUT2D eigenvalue weighted by molar-refractivity contribution is -0.122. The van der Waals surface area contributed by atoms with Gasteiger partial charge in [-0.2, -0.15) is 0 Å². The second-order valence-electron chi connectivity index (χ2n) is 6.10. The number of thiazole rings is 1. The minimum absolute atomic E-state index is 0.299. The number of amides is 1. The molecule has 3 rings (SSSR count). The monoisotopic (exact) mass is 358 g/mol. The molecule has 0 aliphatic rings. The molecule has 4 nitrogen and oxygen atoms in total. The Morgan fingerprint density at radius 1 is 1.16 bits per heavy atom. The first kappa shape index (κ1) is 17.4. The number of nitrogens with one attached hydrogen (secondary N) is 1. The summed E-state index contributed by atoms with van der Waals surface area (Å²) in [6.45, 7) is 5.92. The summed E-state index contributed by atoms with van der Waals surface area (Å²) in [6.07, 6.45) is -0.673. The third-order valence-corrected chi connectivity index (χ3v) is 4.74. The molecule has 6 heteroatoms. The lowest BCUT2D eigenvalue weighted by Gasteiger charge is -2.14. The fourth-order valence-corrected chi connectivity index (χ4v) is 3.24. The fourth-order valence-electron chi connectivity index (χ4n) is 2.35. The lowest BCUT2D eigenvalue weighted by atomic mass is 10.0. The van der Waals surface area contributed by atoms with Crippen molar-refractivity contribution in [3.63, 3.8) is 0 Å². The number of benzene rings is 2. The van der Waals surface area contributed by atoms with E-state index in [0.29, 0.717) is 27.0 Å². The fraction of sp³-hybridized carbons (Fsp3) is 0.263. The molecule has 130 valence electrons. The van der Waals surface area contributed by atoms with Gasteiger partial charge in [0.05, 0.1) is 10.2 Å². The largest absolute Gasteiger partial charge is 0.481 e. The highest BCUT2D eigenvalue weighted by atomic mass is 32.1. The zero-order chi connectivity index (χ0) is 18.0. The van der Waals surface area contributed by atoms with Gasteiger partial charge in [0, 0.05) is 0 Å². The van der Waals surface area contributed by atoms with Gasteiger partial charge in [-0.3, -0.25) is 10.1 Å². The van der Waals surface area contributed by atoms with Gasteiger partial charge in [0.15, 0.2) is 11.2 Å². The summed E-state index contributed by atoms with van der Waals surface area (Å²) in [4.78, 5) is 16.6. The number of fused-ring (bicyclic) bond motifs is 1. The number of hydrogen-bond acceptors (Lipinski definition) is 4. The Morgan fingerprint density at radius 2 is 1.88 bits per heavy atom. The number of carbonyl (C=O) groups is 1. The number of aromatic nitrogens is 1. The Bertz CT molecular complexity index is 890. The van der Waals surface area contributed by atoms with E-state index < -0.39 is 6.10 Å². The molecule has 0 aliphatic carbocycles. The van der Waals surface area contributed by atoms with Crippen molar-refractivity contribution in [3.8, 4) is 5.75 Å². The molecule has 1 aromatic heterocycles. The molecule has 25 heavy (non-hydrogen) atoms. The van der Waals surface area contributed by atoms with Crippen molar-refractivity contribution < 1.29 is 13.9 Å². The van der Waals surface area contributed by atoms with Crippen LogP contribution in [0.5, 0.6) is 5.75 Å². The van der Waals surface area contributed by atoms with E-state index in [1.165, 1.54) is 29.0 Å². The van der Waals surface area contributed by atoms with Gasteiger partial charge >= 0.3 is 0 Å². The second-order valence-corrected chi connectivity index (χ2v) is 7.13. The summed E-state index contributed by atoms with van der Waals surface area (Å²) in [7, 11) is 0. The van der Waals surface area contributed by atoms with Crippen LogP contribution in [0.15, 0.2) is 42.5 Å². The number of ether oxygens (including phenoxy) is 1. The topological polar surface area (TPSA) is 51.2 Å². The van der Waals surface area contributed by atoms with Crippen LogP contribution in [0.25, 0.3) is 10.2 Å². The molecule has 1 heterocycles. The van der Waals surface area contributed by atoms with Crippen LogP contribution in [0.1, 0.15) is 32.3 Å². The molecule has 0 spiro atoms. The Morgan fingerprint density at radius 3 is 2.56 bits per heavy atom. The average Bonchev–Trinajstić information content (AvgIpc) is 2.96. The van der Waals surface area contributed by atoms with Gasteiger partial charge in [-0.05, 0) is 48.7 Å². The third-order valence-electron chi connectivity index (χ3n) is 3.81. The van der Waals surface area contributed by atoms with E-state index in [0.717, 1.165) is 0 Å². The zero-order valence-corrected chi connectivity index (χ0v) is 15.1. The van der Waals surface area contributed by atoms with E-state index >= 15 is 0 Å². The van der Waals surface area contributed by atoms with Crippen molar-refractivity contribution in [3.05, 3.63) is 53.8 Å². The van der Waals surface area contributed by atoms with Crippen molar-refractivity contribution >= 4 is 32.6 Å². The zero-order valence-electron chi connectivity index (χ0n) is 14.2. The molecule has 1 N–H and O–H groups in total.